The first kappa shape index (κ1) is 14.7. The molecule has 2 saturated carbocycles. The summed E-state index contributed by atoms with van der Waals surface area (Å²) in [5, 5.41) is 0. The number of hydrogen-bond donors (Lipinski definition) is 0. The normalized spacial score (nSPS) is 43.7. The summed E-state index contributed by atoms with van der Waals surface area (Å²) in [7, 11) is 0. The summed E-state index contributed by atoms with van der Waals surface area (Å²) in [5.41, 5.74) is 3.02. The van der Waals surface area contributed by atoms with Crippen molar-refractivity contribution < 1.29 is 0 Å². The van der Waals surface area contributed by atoms with Crippen LogP contribution < -0.4 is 0 Å². The molecule has 0 saturated heterocycles. The fraction of sp³-hybridized carbons (Fsp3) is 0.900. The van der Waals surface area contributed by atoms with Gasteiger partial charge in [0.15, 0.2) is 0 Å². The summed E-state index contributed by atoms with van der Waals surface area (Å²) in [4.78, 5) is 0. The minimum Gasteiger partial charge on any atom is -0.0847 e. The highest BCUT2D eigenvalue weighted by molar-refractivity contribution is 5.22. The van der Waals surface area contributed by atoms with E-state index in [1.807, 2.05) is 5.57 Å². The van der Waals surface area contributed by atoms with Gasteiger partial charge in [-0.2, -0.15) is 0 Å². The Hall–Kier alpha value is -0.260. The first-order valence-electron chi connectivity index (χ1n) is 9.03. The van der Waals surface area contributed by atoms with E-state index in [2.05, 4.69) is 40.7 Å². The highest BCUT2D eigenvalue weighted by Gasteiger charge is 2.53. The van der Waals surface area contributed by atoms with Crippen molar-refractivity contribution in [1.29, 1.82) is 0 Å². The summed E-state index contributed by atoms with van der Waals surface area (Å²) >= 11 is 0. The van der Waals surface area contributed by atoms with Crippen LogP contribution in [0.5, 0.6) is 0 Å². The molecule has 20 heavy (non-hydrogen) atoms. The van der Waals surface area contributed by atoms with Crippen molar-refractivity contribution in [3.63, 3.8) is 0 Å². The Kier molecular flexibility index (Phi) is 3.58. The molecule has 0 bridgehead atoms. The van der Waals surface area contributed by atoms with Gasteiger partial charge in [0.2, 0.25) is 0 Å². The summed E-state index contributed by atoms with van der Waals surface area (Å²) < 4.78 is 0. The van der Waals surface area contributed by atoms with Crippen molar-refractivity contribution in [2.75, 3.05) is 0 Å². The molecule has 0 nitrogen and oxygen atoms in total. The molecular weight excluding hydrogens is 240 g/mol. The zero-order chi connectivity index (χ0) is 14.5. The van der Waals surface area contributed by atoms with Crippen LogP contribution in [0, 0.1) is 34.5 Å². The minimum absolute atomic E-state index is 0.559. The summed E-state index contributed by atoms with van der Waals surface area (Å²) in [6.07, 6.45) is 12.8. The van der Waals surface area contributed by atoms with E-state index >= 15 is 0 Å². The van der Waals surface area contributed by atoms with Crippen molar-refractivity contribution in [3.8, 4) is 0 Å². The Labute approximate surface area is 126 Å². The van der Waals surface area contributed by atoms with Gasteiger partial charge >= 0.3 is 0 Å². The summed E-state index contributed by atoms with van der Waals surface area (Å²) in [6, 6.07) is 0. The highest BCUT2D eigenvalue weighted by Crippen LogP contribution is 2.62. The molecule has 3 aliphatic rings. The number of fused-ring (bicyclic) bond motifs is 3. The van der Waals surface area contributed by atoms with Crippen LogP contribution in [0.25, 0.3) is 0 Å². The van der Waals surface area contributed by atoms with E-state index < -0.39 is 0 Å². The monoisotopic (exact) mass is 274 g/mol. The minimum atomic E-state index is 0.559. The second kappa shape index (κ2) is 4.89. The van der Waals surface area contributed by atoms with Gasteiger partial charge in [0.1, 0.15) is 0 Å². The summed E-state index contributed by atoms with van der Waals surface area (Å²) in [5.74, 6) is 3.66. The lowest BCUT2D eigenvalue weighted by Crippen LogP contribution is -2.49. The van der Waals surface area contributed by atoms with Gasteiger partial charge in [-0.25, -0.2) is 0 Å². The molecule has 0 aliphatic heterocycles. The zero-order valence-corrected chi connectivity index (χ0v) is 14.3. The predicted octanol–water partition coefficient (Wildman–Crippen LogP) is 6.22. The van der Waals surface area contributed by atoms with Gasteiger partial charge in [-0.1, -0.05) is 52.7 Å². The van der Waals surface area contributed by atoms with Crippen LogP contribution in [-0.2, 0) is 0 Å². The van der Waals surface area contributed by atoms with Crippen LogP contribution in [0.2, 0.25) is 0 Å². The molecule has 2 fully saturated rings. The molecule has 0 radical (unpaired) electrons. The average molecular weight is 274 g/mol. The lowest BCUT2D eigenvalue weighted by atomic mass is 9.46. The van der Waals surface area contributed by atoms with E-state index in [1.54, 1.807) is 0 Å². The third-order valence-corrected chi connectivity index (χ3v) is 7.40. The molecule has 3 rings (SSSR count). The largest absolute Gasteiger partial charge is 0.0847 e. The van der Waals surface area contributed by atoms with Crippen LogP contribution in [0.15, 0.2) is 11.6 Å². The van der Waals surface area contributed by atoms with Gasteiger partial charge in [0.25, 0.3) is 0 Å². The molecule has 0 amide bonds. The Morgan fingerprint density at radius 1 is 1.10 bits per heavy atom. The number of hydrogen-bond acceptors (Lipinski definition) is 0. The van der Waals surface area contributed by atoms with Crippen molar-refractivity contribution >= 4 is 0 Å². The SMILES string of the molecule is CC(C)C1CC[C@@H]2C(=CCC3C(C)(C)CCC[C@@]32C)C1. The second-order valence-corrected chi connectivity index (χ2v) is 9.25. The van der Waals surface area contributed by atoms with E-state index in [9.17, 15) is 0 Å². The molecule has 0 aromatic heterocycles. The molecule has 0 aromatic carbocycles. The average Bonchev–Trinajstić information content (AvgIpc) is 2.37. The van der Waals surface area contributed by atoms with Gasteiger partial charge in [-0.05, 0) is 73.0 Å². The zero-order valence-electron chi connectivity index (χ0n) is 14.3. The first-order valence-corrected chi connectivity index (χ1v) is 9.03. The van der Waals surface area contributed by atoms with Crippen molar-refractivity contribution in [2.45, 2.75) is 79.6 Å². The van der Waals surface area contributed by atoms with Crippen molar-refractivity contribution in [3.05, 3.63) is 11.6 Å². The molecule has 0 heteroatoms. The molecule has 2 unspecified atom stereocenters. The van der Waals surface area contributed by atoms with Gasteiger partial charge in [-0.3, -0.25) is 0 Å². The Bertz CT molecular complexity index is 400. The summed E-state index contributed by atoms with van der Waals surface area (Å²) in [6.45, 7) is 12.6. The molecule has 3 aliphatic carbocycles. The third-order valence-electron chi connectivity index (χ3n) is 7.40. The van der Waals surface area contributed by atoms with E-state index in [4.69, 9.17) is 0 Å². The van der Waals surface area contributed by atoms with Crippen LogP contribution in [0.3, 0.4) is 0 Å². The maximum absolute atomic E-state index is 2.68. The maximum atomic E-state index is 2.68. The smallest absolute Gasteiger partial charge is 0.0146 e. The van der Waals surface area contributed by atoms with Crippen LogP contribution in [0.4, 0.5) is 0 Å². The molecule has 0 heterocycles. The van der Waals surface area contributed by atoms with Gasteiger partial charge in [0.05, 0.1) is 0 Å². The lowest BCUT2D eigenvalue weighted by molar-refractivity contribution is -0.0478. The quantitative estimate of drug-likeness (QED) is 0.498. The van der Waals surface area contributed by atoms with Crippen LogP contribution in [-0.4, -0.2) is 0 Å². The fourth-order valence-corrected chi connectivity index (χ4v) is 6.10. The maximum Gasteiger partial charge on any atom is -0.0146 e. The van der Waals surface area contributed by atoms with Crippen molar-refractivity contribution in [1.82, 2.24) is 0 Å². The molecule has 114 valence electrons. The highest BCUT2D eigenvalue weighted by atomic mass is 14.6. The first-order chi connectivity index (χ1) is 9.34. The predicted molar refractivity (Wildman–Crippen MR) is 87.6 cm³/mol. The fourth-order valence-electron chi connectivity index (χ4n) is 6.10. The Balaban J connectivity index is 1.88. The number of rotatable bonds is 1. The third kappa shape index (κ3) is 2.18. The molecule has 0 aromatic rings. The van der Waals surface area contributed by atoms with E-state index in [0.717, 1.165) is 23.7 Å². The molecule has 4 atom stereocenters. The van der Waals surface area contributed by atoms with Crippen molar-refractivity contribution in [2.24, 2.45) is 34.5 Å². The Morgan fingerprint density at radius 3 is 2.55 bits per heavy atom. The van der Waals surface area contributed by atoms with Crippen LogP contribution in [0.1, 0.15) is 79.6 Å². The Morgan fingerprint density at radius 2 is 1.85 bits per heavy atom. The van der Waals surface area contributed by atoms with Crippen LogP contribution >= 0.6 is 0 Å². The van der Waals surface area contributed by atoms with E-state index in [-0.39, 0.29) is 0 Å². The van der Waals surface area contributed by atoms with E-state index in [0.29, 0.717) is 10.8 Å². The lowest BCUT2D eigenvalue weighted by Gasteiger charge is -2.58. The van der Waals surface area contributed by atoms with Gasteiger partial charge in [0, 0.05) is 0 Å². The van der Waals surface area contributed by atoms with Gasteiger partial charge in [-0.15, -0.1) is 0 Å². The number of allylic oxidation sites excluding steroid dienone is 2. The standard InChI is InChI=1S/C20H34/c1-14(2)15-7-9-17-16(13-15)8-10-18-19(3,4)11-6-12-20(17,18)5/h8,14-15,17-18H,6-7,9-13H2,1-5H3/t15?,17-,18?,20-/m1/s1. The van der Waals surface area contributed by atoms with E-state index in [1.165, 1.54) is 44.9 Å². The molecular formula is C20H34. The van der Waals surface area contributed by atoms with Gasteiger partial charge < -0.3 is 0 Å². The molecule has 0 N–H and O–H groups in total. The second-order valence-electron chi connectivity index (χ2n) is 9.25. The topological polar surface area (TPSA) is 0 Å². The molecule has 0 spiro atoms.